The van der Waals surface area contributed by atoms with Crippen molar-refractivity contribution in [1.29, 1.82) is 0 Å². The van der Waals surface area contributed by atoms with Gasteiger partial charge in [-0.3, -0.25) is 4.55 Å². The quantitative estimate of drug-likeness (QED) is 0.227. The van der Waals surface area contributed by atoms with E-state index in [1.807, 2.05) is 13.0 Å². The first-order valence-electron chi connectivity index (χ1n) is 8.05. The Hall–Kier alpha value is -2.71. The Bertz CT molecular complexity index is 791. The Kier molecular flexibility index (Phi) is 11.3. The average Bonchev–Trinajstić information content (AvgIpc) is 2.60. The minimum absolute atomic E-state index is 0.0611. The highest BCUT2D eigenvalue weighted by molar-refractivity contribution is 7.88. The average molecular weight is 396 g/mol. The van der Waals surface area contributed by atoms with E-state index in [2.05, 4.69) is 6.58 Å². The van der Waals surface area contributed by atoms with Crippen molar-refractivity contribution in [2.75, 3.05) is 6.61 Å². The van der Waals surface area contributed by atoms with Gasteiger partial charge in [0.25, 0.3) is 10.1 Å². The number of carbonyl (C=O) groups is 2. The lowest BCUT2D eigenvalue weighted by Crippen LogP contribution is -2.08. The first kappa shape index (κ1) is 24.3. The van der Waals surface area contributed by atoms with Crippen LogP contribution < -0.4 is 0 Å². The summed E-state index contributed by atoms with van der Waals surface area (Å²) in [5, 5.41) is 9.32. The number of carboxylic acid groups (broad SMARTS) is 1. The molecule has 1 aromatic rings. The maximum Gasteiger partial charge on any atom is 0.337 e. The van der Waals surface area contributed by atoms with Crippen molar-refractivity contribution in [2.45, 2.75) is 26.7 Å². The molecule has 2 N–H and O–H groups in total. The number of esters is 1. The maximum absolute atomic E-state index is 11.2. The van der Waals surface area contributed by atoms with E-state index in [0.29, 0.717) is 6.61 Å². The number of benzene rings is 1. The van der Waals surface area contributed by atoms with Crippen molar-refractivity contribution in [2.24, 2.45) is 0 Å². The lowest BCUT2D eigenvalue weighted by Gasteiger charge is -2.03. The van der Waals surface area contributed by atoms with Crippen LogP contribution in [0.2, 0.25) is 0 Å². The third kappa shape index (κ3) is 13.2. The molecule has 0 saturated heterocycles. The van der Waals surface area contributed by atoms with Crippen molar-refractivity contribution in [1.82, 2.24) is 0 Å². The molecule has 0 atom stereocenters. The minimum atomic E-state index is -4.00. The van der Waals surface area contributed by atoms with Crippen LogP contribution in [0.15, 0.2) is 59.5 Å². The fourth-order valence-electron chi connectivity index (χ4n) is 1.51. The molecule has 0 aliphatic heterocycles. The Morgan fingerprint density at radius 2 is 1.81 bits per heavy atom. The molecule has 8 heteroatoms. The molecule has 0 radical (unpaired) electrons. The van der Waals surface area contributed by atoms with Crippen molar-refractivity contribution >= 4 is 28.1 Å². The van der Waals surface area contributed by atoms with Crippen LogP contribution in [0.25, 0.3) is 6.08 Å². The highest BCUT2D eigenvalue weighted by Crippen LogP contribution is 2.04. The summed E-state index contributed by atoms with van der Waals surface area (Å²) in [6.45, 7) is 7.16. The van der Waals surface area contributed by atoms with Gasteiger partial charge in [0.05, 0.1) is 17.6 Å². The van der Waals surface area contributed by atoms with Gasteiger partial charge in [0, 0.05) is 5.57 Å². The molecule has 1 aromatic carbocycles. The zero-order chi connectivity index (χ0) is 20.9. The number of aliphatic carboxylic acids is 1. The van der Waals surface area contributed by atoms with E-state index < -0.39 is 22.1 Å². The number of hydrogen-bond donors (Lipinski definition) is 2. The summed E-state index contributed by atoms with van der Waals surface area (Å²) in [6.07, 6.45) is 4.26. The Morgan fingerprint density at radius 1 is 1.22 bits per heavy atom. The van der Waals surface area contributed by atoms with Crippen molar-refractivity contribution in [3.05, 3.63) is 65.1 Å². The molecular weight excluding hydrogens is 372 g/mol. The molecule has 0 saturated carbocycles. The lowest BCUT2D eigenvalue weighted by molar-refractivity contribution is -0.138. The smallest absolute Gasteiger partial charge is 0.337 e. The van der Waals surface area contributed by atoms with Crippen molar-refractivity contribution < 1.29 is 32.4 Å². The highest BCUT2D eigenvalue weighted by Gasteiger charge is 2.08. The third-order valence-electron chi connectivity index (χ3n) is 2.95. The van der Waals surface area contributed by atoms with E-state index in [1.165, 1.54) is 19.1 Å². The SMILES string of the molecule is C=C(C=C(C)C(=O)O)C(=O)OCCCC.O=S(=O)(O)C=Cc1ccccc1. The van der Waals surface area contributed by atoms with E-state index in [1.54, 1.807) is 24.3 Å². The number of carboxylic acids is 1. The molecular formula is C19H24O7S. The number of ether oxygens (including phenoxy) is 1. The molecule has 1 rings (SSSR count). The summed E-state index contributed by atoms with van der Waals surface area (Å²) in [6, 6.07) is 8.86. The summed E-state index contributed by atoms with van der Waals surface area (Å²) in [4.78, 5) is 21.7. The van der Waals surface area contributed by atoms with Gasteiger partial charge in [-0.1, -0.05) is 50.3 Å². The Morgan fingerprint density at radius 3 is 2.30 bits per heavy atom. The van der Waals surface area contributed by atoms with Crippen LogP contribution in [0.4, 0.5) is 0 Å². The van der Waals surface area contributed by atoms with Gasteiger partial charge in [-0.05, 0) is 31.1 Å². The molecule has 0 aliphatic carbocycles. The normalized spacial score (nSPS) is 11.4. The molecule has 0 amide bonds. The molecule has 148 valence electrons. The van der Waals surface area contributed by atoms with Gasteiger partial charge in [-0.15, -0.1) is 0 Å². The second kappa shape index (κ2) is 12.6. The third-order valence-corrected chi connectivity index (χ3v) is 3.43. The standard InChI is InChI=1S/C11H16O4.C8H8O3S/c1-4-5-6-15-11(14)9(3)7-8(2)10(12)13;9-12(10,11)7-6-8-4-2-1-3-5-8/h7H,3-6H2,1-2H3,(H,12,13);1-7H,(H,9,10,11). The lowest BCUT2D eigenvalue weighted by atomic mass is 10.2. The fraction of sp³-hybridized carbons (Fsp3) is 0.263. The molecule has 0 spiro atoms. The zero-order valence-corrected chi connectivity index (χ0v) is 16.1. The molecule has 0 unspecified atom stereocenters. The summed E-state index contributed by atoms with van der Waals surface area (Å²) in [7, 11) is -4.00. The first-order chi connectivity index (χ1) is 12.6. The molecule has 0 heterocycles. The highest BCUT2D eigenvalue weighted by atomic mass is 32.2. The first-order valence-corrected chi connectivity index (χ1v) is 9.55. The van der Waals surface area contributed by atoms with Crippen molar-refractivity contribution in [3.63, 3.8) is 0 Å². The van der Waals surface area contributed by atoms with Crippen LogP contribution in [0.1, 0.15) is 32.3 Å². The number of hydrogen-bond acceptors (Lipinski definition) is 5. The second-order valence-corrected chi connectivity index (χ2v) is 6.68. The molecule has 27 heavy (non-hydrogen) atoms. The van der Waals surface area contributed by atoms with Crippen LogP contribution in [0.5, 0.6) is 0 Å². The van der Waals surface area contributed by atoms with E-state index in [0.717, 1.165) is 23.8 Å². The maximum atomic E-state index is 11.2. The molecule has 0 bridgehead atoms. The second-order valence-electron chi connectivity index (χ2n) is 5.38. The van der Waals surface area contributed by atoms with Gasteiger partial charge >= 0.3 is 11.9 Å². The van der Waals surface area contributed by atoms with Crippen LogP contribution in [-0.2, 0) is 24.4 Å². The largest absolute Gasteiger partial charge is 0.478 e. The molecule has 0 fully saturated rings. The summed E-state index contributed by atoms with van der Waals surface area (Å²) in [5.41, 5.74) is 0.855. The van der Waals surface area contributed by atoms with Gasteiger partial charge in [0.2, 0.25) is 0 Å². The van der Waals surface area contributed by atoms with E-state index in [-0.39, 0.29) is 11.1 Å². The van der Waals surface area contributed by atoms with Crippen LogP contribution in [0, 0.1) is 0 Å². The van der Waals surface area contributed by atoms with E-state index in [9.17, 15) is 18.0 Å². The van der Waals surface area contributed by atoms with E-state index >= 15 is 0 Å². The minimum Gasteiger partial charge on any atom is -0.478 e. The van der Waals surface area contributed by atoms with E-state index in [4.69, 9.17) is 14.4 Å². The number of unbranched alkanes of at least 4 members (excludes halogenated alkanes) is 1. The van der Waals surface area contributed by atoms with Crippen LogP contribution >= 0.6 is 0 Å². The molecule has 0 aliphatic rings. The zero-order valence-electron chi connectivity index (χ0n) is 15.3. The molecule has 0 aromatic heterocycles. The predicted octanol–water partition coefficient (Wildman–Crippen LogP) is 3.46. The van der Waals surface area contributed by atoms with Crippen LogP contribution in [0.3, 0.4) is 0 Å². The summed E-state index contributed by atoms with van der Waals surface area (Å²) in [5.74, 6) is -1.64. The van der Waals surface area contributed by atoms with Gasteiger partial charge < -0.3 is 9.84 Å². The predicted molar refractivity (Wildman–Crippen MR) is 103 cm³/mol. The monoisotopic (exact) mass is 396 g/mol. The number of carbonyl (C=O) groups excluding carboxylic acids is 1. The van der Waals surface area contributed by atoms with Gasteiger partial charge in [-0.2, -0.15) is 8.42 Å². The fourth-order valence-corrected chi connectivity index (χ4v) is 1.84. The van der Waals surface area contributed by atoms with Crippen molar-refractivity contribution in [3.8, 4) is 0 Å². The Labute approximate surface area is 159 Å². The summed E-state index contributed by atoms with van der Waals surface area (Å²) >= 11 is 0. The van der Waals surface area contributed by atoms with Gasteiger partial charge in [0.1, 0.15) is 0 Å². The number of rotatable bonds is 8. The van der Waals surface area contributed by atoms with Crippen LogP contribution in [-0.4, -0.2) is 36.6 Å². The van der Waals surface area contributed by atoms with Gasteiger partial charge in [-0.25, -0.2) is 9.59 Å². The summed E-state index contributed by atoms with van der Waals surface area (Å²) < 4.78 is 33.8. The van der Waals surface area contributed by atoms with Gasteiger partial charge in [0.15, 0.2) is 0 Å². The Balaban J connectivity index is 0.000000511. The molecule has 7 nitrogen and oxygen atoms in total. The topological polar surface area (TPSA) is 118 Å².